The van der Waals surface area contributed by atoms with Crippen molar-refractivity contribution in [2.24, 2.45) is 0 Å². The molecule has 7 heteroatoms. The average molecular weight is 404 g/mol. The molecule has 0 aliphatic carbocycles. The van der Waals surface area contributed by atoms with Gasteiger partial charge >= 0.3 is 0 Å². The molecule has 2 aromatic carbocycles. The maximum atomic E-state index is 12.7. The van der Waals surface area contributed by atoms with Gasteiger partial charge in [-0.15, -0.1) is 12.4 Å². The summed E-state index contributed by atoms with van der Waals surface area (Å²) in [6, 6.07) is 16.9. The predicted octanol–water partition coefficient (Wildman–Crippen LogP) is 2.19. The van der Waals surface area contributed by atoms with E-state index in [0.717, 1.165) is 18.7 Å². The lowest BCUT2D eigenvalue weighted by molar-refractivity contribution is -0.132. The van der Waals surface area contributed by atoms with E-state index in [1.165, 1.54) is 4.90 Å². The first-order valence-electron chi connectivity index (χ1n) is 9.14. The molecule has 0 radical (unpaired) electrons. The number of amides is 2. The van der Waals surface area contributed by atoms with Crippen LogP contribution in [0.3, 0.4) is 0 Å². The molecule has 0 spiro atoms. The fourth-order valence-corrected chi connectivity index (χ4v) is 2.97. The van der Waals surface area contributed by atoms with E-state index in [9.17, 15) is 9.59 Å². The van der Waals surface area contributed by atoms with Gasteiger partial charge < -0.3 is 19.9 Å². The van der Waals surface area contributed by atoms with Crippen molar-refractivity contribution >= 4 is 24.2 Å². The highest BCUT2D eigenvalue weighted by molar-refractivity contribution is 5.96. The van der Waals surface area contributed by atoms with E-state index in [1.54, 1.807) is 30.1 Å². The van der Waals surface area contributed by atoms with Crippen LogP contribution in [0.15, 0.2) is 54.6 Å². The number of nitrogens with zero attached hydrogens (tertiary/aromatic N) is 2. The molecule has 1 fully saturated rings. The van der Waals surface area contributed by atoms with E-state index in [2.05, 4.69) is 5.32 Å². The Morgan fingerprint density at radius 3 is 2.50 bits per heavy atom. The van der Waals surface area contributed by atoms with E-state index in [4.69, 9.17) is 4.74 Å². The lowest BCUT2D eigenvalue weighted by atomic mass is 10.2. The number of rotatable bonds is 6. The molecule has 0 unspecified atom stereocenters. The molecule has 1 saturated heterocycles. The first kappa shape index (κ1) is 21.7. The number of nitrogens with one attached hydrogen (secondary N) is 1. The van der Waals surface area contributed by atoms with E-state index in [0.29, 0.717) is 31.0 Å². The second-order valence-electron chi connectivity index (χ2n) is 6.59. The van der Waals surface area contributed by atoms with Crippen molar-refractivity contribution in [3.8, 4) is 5.75 Å². The van der Waals surface area contributed by atoms with Crippen LogP contribution in [0.4, 0.5) is 0 Å². The van der Waals surface area contributed by atoms with Crippen LogP contribution < -0.4 is 10.1 Å². The van der Waals surface area contributed by atoms with Gasteiger partial charge in [0.2, 0.25) is 5.91 Å². The van der Waals surface area contributed by atoms with E-state index in [1.807, 2.05) is 36.4 Å². The first-order chi connectivity index (χ1) is 13.1. The van der Waals surface area contributed by atoms with Crippen molar-refractivity contribution < 1.29 is 14.3 Å². The molecule has 28 heavy (non-hydrogen) atoms. The number of carbonyl (C=O) groups excluding carboxylic acids is 2. The highest BCUT2D eigenvalue weighted by Crippen LogP contribution is 2.16. The van der Waals surface area contributed by atoms with Gasteiger partial charge in [0.1, 0.15) is 12.4 Å². The number of hydrogen-bond acceptors (Lipinski definition) is 4. The van der Waals surface area contributed by atoms with E-state index < -0.39 is 0 Å². The number of benzene rings is 2. The zero-order valence-electron chi connectivity index (χ0n) is 16.0. The standard InChI is InChI=1S/C21H25N3O3.ClH/c1-23(15-20(25)24-12-10-22-11-13-24)21(26)18-8-5-9-19(14-18)27-16-17-6-3-2-4-7-17;/h2-9,14,22H,10-13,15-16H2,1H3;1H. The number of likely N-dealkylation sites (N-methyl/N-ethyl adjacent to an activating group) is 1. The monoisotopic (exact) mass is 403 g/mol. The third-order valence-corrected chi connectivity index (χ3v) is 4.52. The van der Waals surface area contributed by atoms with Crippen molar-refractivity contribution in [2.75, 3.05) is 39.8 Å². The van der Waals surface area contributed by atoms with Gasteiger partial charge in [0.25, 0.3) is 5.91 Å². The van der Waals surface area contributed by atoms with E-state index in [-0.39, 0.29) is 30.8 Å². The normalized spacial score (nSPS) is 13.4. The van der Waals surface area contributed by atoms with Crippen molar-refractivity contribution in [3.63, 3.8) is 0 Å². The van der Waals surface area contributed by atoms with Crippen LogP contribution in [0.2, 0.25) is 0 Å². The van der Waals surface area contributed by atoms with Crippen molar-refractivity contribution in [3.05, 3.63) is 65.7 Å². The summed E-state index contributed by atoms with van der Waals surface area (Å²) in [6.07, 6.45) is 0. The minimum atomic E-state index is -0.191. The Balaban J connectivity index is 0.00000280. The predicted molar refractivity (Wildman–Crippen MR) is 111 cm³/mol. The van der Waals surface area contributed by atoms with Crippen molar-refractivity contribution in [1.82, 2.24) is 15.1 Å². The average Bonchev–Trinajstić information content (AvgIpc) is 2.73. The minimum Gasteiger partial charge on any atom is -0.489 e. The second-order valence-corrected chi connectivity index (χ2v) is 6.59. The molecule has 1 aliphatic rings. The van der Waals surface area contributed by atoms with Crippen LogP contribution in [0.25, 0.3) is 0 Å². The summed E-state index contributed by atoms with van der Waals surface area (Å²) >= 11 is 0. The SMILES string of the molecule is CN(CC(=O)N1CCNCC1)C(=O)c1cccc(OCc2ccccc2)c1.Cl. The Hall–Kier alpha value is -2.57. The molecule has 0 saturated carbocycles. The zero-order chi connectivity index (χ0) is 19.1. The topological polar surface area (TPSA) is 61.9 Å². The fraction of sp³-hybridized carbons (Fsp3) is 0.333. The Bertz CT molecular complexity index is 779. The maximum absolute atomic E-state index is 12.7. The number of carbonyl (C=O) groups is 2. The molecule has 0 bridgehead atoms. The third-order valence-electron chi connectivity index (χ3n) is 4.52. The van der Waals surface area contributed by atoms with Crippen LogP contribution in [0.5, 0.6) is 5.75 Å². The molecule has 6 nitrogen and oxygen atoms in total. The molecule has 2 aromatic rings. The van der Waals surface area contributed by atoms with E-state index >= 15 is 0 Å². The summed E-state index contributed by atoms with van der Waals surface area (Å²) in [5, 5.41) is 3.21. The summed E-state index contributed by atoms with van der Waals surface area (Å²) in [7, 11) is 1.65. The highest BCUT2D eigenvalue weighted by Gasteiger charge is 2.21. The molecule has 1 aliphatic heterocycles. The van der Waals surface area contributed by atoms with Gasteiger partial charge in [0.15, 0.2) is 0 Å². The minimum absolute atomic E-state index is 0. The van der Waals surface area contributed by atoms with Gasteiger partial charge in [-0.3, -0.25) is 9.59 Å². The molecule has 1 N–H and O–H groups in total. The van der Waals surface area contributed by atoms with Gasteiger partial charge in [0.05, 0.1) is 6.54 Å². The zero-order valence-corrected chi connectivity index (χ0v) is 16.8. The number of hydrogen-bond donors (Lipinski definition) is 1. The smallest absolute Gasteiger partial charge is 0.254 e. The Kier molecular flexibility index (Phi) is 8.29. The van der Waals surface area contributed by atoms with Crippen LogP contribution in [0, 0.1) is 0 Å². The first-order valence-corrected chi connectivity index (χ1v) is 9.14. The fourth-order valence-electron chi connectivity index (χ4n) is 2.97. The van der Waals surface area contributed by atoms with Crippen LogP contribution in [-0.4, -0.2) is 61.4 Å². The Morgan fingerprint density at radius 2 is 1.79 bits per heavy atom. The summed E-state index contributed by atoms with van der Waals surface area (Å²) in [6.45, 7) is 3.48. The molecular formula is C21H26ClN3O3. The van der Waals surface area contributed by atoms with Gasteiger partial charge in [0, 0.05) is 38.8 Å². The van der Waals surface area contributed by atoms with Gasteiger partial charge in [-0.1, -0.05) is 36.4 Å². The van der Waals surface area contributed by atoms with Crippen LogP contribution in [-0.2, 0) is 11.4 Å². The number of halogens is 1. The highest BCUT2D eigenvalue weighted by atomic mass is 35.5. The Labute approximate surface area is 171 Å². The van der Waals surface area contributed by atoms with Crippen molar-refractivity contribution in [2.45, 2.75) is 6.61 Å². The lowest BCUT2D eigenvalue weighted by Gasteiger charge is -2.29. The number of piperazine rings is 1. The molecule has 0 aromatic heterocycles. The second kappa shape index (κ2) is 10.7. The summed E-state index contributed by atoms with van der Waals surface area (Å²) in [4.78, 5) is 28.3. The quantitative estimate of drug-likeness (QED) is 0.803. The molecule has 2 amide bonds. The van der Waals surface area contributed by atoms with Crippen LogP contribution >= 0.6 is 12.4 Å². The van der Waals surface area contributed by atoms with Crippen molar-refractivity contribution in [1.29, 1.82) is 0 Å². The van der Waals surface area contributed by atoms with Crippen LogP contribution in [0.1, 0.15) is 15.9 Å². The Morgan fingerprint density at radius 1 is 1.07 bits per heavy atom. The number of ether oxygens (including phenoxy) is 1. The molecule has 0 atom stereocenters. The summed E-state index contributed by atoms with van der Waals surface area (Å²) in [5.41, 5.74) is 1.57. The van der Waals surface area contributed by atoms with Gasteiger partial charge in [-0.05, 0) is 23.8 Å². The molecule has 3 rings (SSSR count). The molecule has 150 valence electrons. The summed E-state index contributed by atoms with van der Waals surface area (Å²) in [5.74, 6) is 0.416. The van der Waals surface area contributed by atoms with Gasteiger partial charge in [-0.25, -0.2) is 0 Å². The third kappa shape index (κ3) is 5.97. The molecular weight excluding hydrogens is 378 g/mol. The molecule has 1 heterocycles. The van der Waals surface area contributed by atoms with Gasteiger partial charge in [-0.2, -0.15) is 0 Å². The maximum Gasteiger partial charge on any atom is 0.254 e. The largest absolute Gasteiger partial charge is 0.489 e. The lowest BCUT2D eigenvalue weighted by Crippen LogP contribution is -2.49. The summed E-state index contributed by atoms with van der Waals surface area (Å²) < 4.78 is 5.79.